The maximum Gasteiger partial charge on any atom is 0.244 e. The van der Waals surface area contributed by atoms with E-state index in [9.17, 15) is 8.42 Å². The average molecular weight is 295 g/mol. The summed E-state index contributed by atoms with van der Waals surface area (Å²) in [6.45, 7) is 2.82. The first-order chi connectivity index (χ1) is 9.63. The van der Waals surface area contributed by atoms with Crippen molar-refractivity contribution in [2.45, 2.75) is 24.8 Å². The van der Waals surface area contributed by atoms with Crippen molar-refractivity contribution in [3.05, 3.63) is 42.6 Å². The predicted octanol–water partition coefficient (Wildman–Crippen LogP) is 1.97. The highest BCUT2D eigenvalue weighted by Gasteiger charge is 2.18. The fraction of sp³-hybridized carbons (Fsp3) is 0.308. The molecule has 2 aromatic rings. The summed E-state index contributed by atoms with van der Waals surface area (Å²) in [5.74, 6) is 0.556. The van der Waals surface area contributed by atoms with Gasteiger partial charge in [-0.1, -0.05) is 6.92 Å². The number of nitrogens with zero attached hydrogens (tertiary/aromatic N) is 1. The van der Waals surface area contributed by atoms with E-state index in [0.717, 1.165) is 6.42 Å². The highest BCUT2D eigenvalue weighted by atomic mass is 32.2. The second kappa shape index (κ2) is 6.53. The van der Waals surface area contributed by atoms with Crippen molar-refractivity contribution in [3.63, 3.8) is 0 Å². The molecule has 7 heteroatoms. The molecule has 0 bridgehead atoms. The fourth-order valence-corrected chi connectivity index (χ4v) is 2.77. The van der Waals surface area contributed by atoms with Gasteiger partial charge in [0.2, 0.25) is 10.0 Å². The Morgan fingerprint density at radius 2 is 2.20 bits per heavy atom. The molecular formula is C13H17N3O3S. The lowest BCUT2D eigenvalue weighted by Gasteiger charge is -2.11. The van der Waals surface area contributed by atoms with Crippen molar-refractivity contribution in [1.82, 2.24) is 9.71 Å². The van der Waals surface area contributed by atoms with Gasteiger partial charge in [0.15, 0.2) is 0 Å². The van der Waals surface area contributed by atoms with Gasteiger partial charge < -0.3 is 9.73 Å². The summed E-state index contributed by atoms with van der Waals surface area (Å²) in [5.41, 5.74) is 0.550. The molecule has 20 heavy (non-hydrogen) atoms. The summed E-state index contributed by atoms with van der Waals surface area (Å²) in [4.78, 5) is 4.02. The molecule has 0 saturated heterocycles. The quantitative estimate of drug-likeness (QED) is 0.816. The lowest BCUT2D eigenvalue weighted by atomic mass is 10.4. The summed E-state index contributed by atoms with van der Waals surface area (Å²) >= 11 is 0. The van der Waals surface area contributed by atoms with Crippen molar-refractivity contribution < 1.29 is 12.8 Å². The van der Waals surface area contributed by atoms with E-state index in [4.69, 9.17) is 4.42 Å². The van der Waals surface area contributed by atoms with Crippen LogP contribution in [0.1, 0.15) is 19.1 Å². The summed E-state index contributed by atoms with van der Waals surface area (Å²) < 4.78 is 32.2. The number of rotatable bonds is 7. The first kappa shape index (κ1) is 14.5. The Morgan fingerprint density at radius 1 is 1.35 bits per heavy atom. The van der Waals surface area contributed by atoms with E-state index in [0.29, 0.717) is 18.0 Å². The minimum Gasteiger partial charge on any atom is -0.468 e. The van der Waals surface area contributed by atoms with Gasteiger partial charge >= 0.3 is 0 Å². The molecule has 0 fully saturated rings. The Morgan fingerprint density at radius 3 is 2.90 bits per heavy atom. The van der Waals surface area contributed by atoms with Crippen LogP contribution in [0.25, 0.3) is 0 Å². The number of sulfonamides is 1. The number of hydrogen-bond donors (Lipinski definition) is 2. The number of hydrogen-bond acceptors (Lipinski definition) is 5. The van der Waals surface area contributed by atoms with Crippen LogP contribution in [0.3, 0.4) is 0 Å². The first-order valence-electron chi connectivity index (χ1n) is 6.33. The highest BCUT2D eigenvalue weighted by molar-refractivity contribution is 7.89. The van der Waals surface area contributed by atoms with Gasteiger partial charge in [0.05, 0.1) is 18.5 Å². The van der Waals surface area contributed by atoms with Gasteiger partial charge in [-0.2, -0.15) is 0 Å². The molecule has 0 amide bonds. The third-order valence-electron chi connectivity index (χ3n) is 2.66. The maximum atomic E-state index is 12.3. The van der Waals surface area contributed by atoms with Crippen molar-refractivity contribution in [2.75, 3.05) is 11.9 Å². The van der Waals surface area contributed by atoms with Gasteiger partial charge in [-0.15, -0.1) is 0 Å². The molecule has 0 aliphatic rings. The zero-order valence-corrected chi connectivity index (χ0v) is 12.0. The van der Waals surface area contributed by atoms with E-state index >= 15 is 0 Å². The van der Waals surface area contributed by atoms with E-state index in [2.05, 4.69) is 15.0 Å². The molecule has 2 heterocycles. The third kappa shape index (κ3) is 3.58. The number of aromatic nitrogens is 1. The van der Waals surface area contributed by atoms with Gasteiger partial charge in [-0.05, 0) is 24.6 Å². The van der Waals surface area contributed by atoms with Crippen LogP contribution in [0.5, 0.6) is 0 Å². The smallest absolute Gasteiger partial charge is 0.244 e. The Balaban J connectivity index is 2.16. The molecule has 6 nitrogen and oxygen atoms in total. The summed E-state index contributed by atoms with van der Waals surface area (Å²) in [6, 6.07) is 5.07. The van der Waals surface area contributed by atoms with E-state index < -0.39 is 10.0 Å². The lowest BCUT2D eigenvalue weighted by molar-refractivity contribution is 0.498. The molecule has 0 radical (unpaired) electrons. The summed E-state index contributed by atoms with van der Waals surface area (Å²) in [5, 5.41) is 3.08. The SMILES string of the molecule is CCCNc1ccncc1S(=O)(=O)NCc1ccco1. The zero-order valence-electron chi connectivity index (χ0n) is 11.2. The molecule has 2 N–H and O–H groups in total. The van der Waals surface area contributed by atoms with Crippen LogP contribution in [-0.4, -0.2) is 19.9 Å². The van der Waals surface area contributed by atoms with Gasteiger partial charge in [-0.3, -0.25) is 4.98 Å². The normalized spacial score (nSPS) is 11.4. The maximum absolute atomic E-state index is 12.3. The van der Waals surface area contributed by atoms with Crippen LogP contribution in [0.2, 0.25) is 0 Å². The van der Waals surface area contributed by atoms with E-state index in [-0.39, 0.29) is 11.4 Å². The Labute approximate surface area is 118 Å². The van der Waals surface area contributed by atoms with Gasteiger partial charge in [0, 0.05) is 18.9 Å². The molecule has 108 valence electrons. The standard InChI is InChI=1S/C13H17N3O3S/c1-2-6-15-12-5-7-14-10-13(12)20(17,18)16-9-11-4-3-8-19-11/h3-5,7-8,10,16H,2,6,9H2,1H3,(H,14,15). The van der Waals surface area contributed by atoms with Gasteiger partial charge in [-0.25, -0.2) is 13.1 Å². The second-order valence-corrected chi connectivity index (χ2v) is 5.94. The zero-order chi connectivity index (χ0) is 14.4. The van der Waals surface area contributed by atoms with Crippen LogP contribution in [0, 0.1) is 0 Å². The van der Waals surface area contributed by atoms with Crippen LogP contribution >= 0.6 is 0 Å². The Bertz CT molecular complexity index is 639. The number of furan rings is 1. The monoisotopic (exact) mass is 295 g/mol. The van der Waals surface area contributed by atoms with Crippen molar-refractivity contribution in [3.8, 4) is 0 Å². The van der Waals surface area contributed by atoms with Gasteiger partial charge in [0.25, 0.3) is 0 Å². The average Bonchev–Trinajstić information content (AvgIpc) is 2.97. The van der Waals surface area contributed by atoms with Crippen molar-refractivity contribution in [2.24, 2.45) is 0 Å². The predicted molar refractivity (Wildman–Crippen MR) is 75.8 cm³/mol. The molecule has 0 atom stereocenters. The number of pyridine rings is 1. The molecule has 0 saturated carbocycles. The van der Waals surface area contributed by atoms with E-state index in [1.165, 1.54) is 12.5 Å². The van der Waals surface area contributed by atoms with Crippen LogP contribution < -0.4 is 10.0 Å². The highest BCUT2D eigenvalue weighted by Crippen LogP contribution is 2.19. The number of nitrogens with one attached hydrogen (secondary N) is 2. The molecular weight excluding hydrogens is 278 g/mol. The van der Waals surface area contributed by atoms with E-state index in [1.54, 1.807) is 24.4 Å². The molecule has 0 aliphatic carbocycles. The minimum atomic E-state index is -3.63. The van der Waals surface area contributed by atoms with Crippen molar-refractivity contribution in [1.29, 1.82) is 0 Å². The van der Waals surface area contributed by atoms with Crippen LogP contribution in [0.15, 0.2) is 46.2 Å². The first-order valence-corrected chi connectivity index (χ1v) is 7.81. The van der Waals surface area contributed by atoms with Crippen LogP contribution in [-0.2, 0) is 16.6 Å². The topological polar surface area (TPSA) is 84.2 Å². The molecule has 0 spiro atoms. The Hall–Kier alpha value is -1.86. The molecule has 2 rings (SSSR count). The largest absolute Gasteiger partial charge is 0.468 e. The van der Waals surface area contributed by atoms with E-state index in [1.807, 2.05) is 6.92 Å². The summed E-state index contributed by atoms with van der Waals surface area (Å²) in [7, 11) is -3.63. The fourth-order valence-electron chi connectivity index (χ4n) is 1.66. The van der Waals surface area contributed by atoms with Gasteiger partial charge in [0.1, 0.15) is 10.7 Å². The molecule has 0 aliphatic heterocycles. The molecule has 0 aromatic carbocycles. The van der Waals surface area contributed by atoms with Crippen molar-refractivity contribution >= 4 is 15.7 Å². The minimum absolute atomic E-state index is 0.109. The Kier molecular flexibility index (Phi) is 4.75. The molecule has 2 aromatic heterocycles. The molecule has 0 unspecified atom stereocenters. The van der Waals surface area contributed by atoms with Crippen LogP contribution in [0.4, 0.5) is 5.69 Å². The lowest BCUT2D eigenvalue weighted by Crippen LogP contribution is -2.24. The second-order valence-electron chi connectivity index (χ2n) is 4.20. The number of anilines is 1. The third-order valence-corrected chi connectivity index (χ3v) is 4.08. The summed E-state index contributed by atoms with van der Waals surface area (Å²) in [6.07, 6.45) is 5.30.